The molecule has 17 heavy (non-hydrogen) atoms. The van der Waals surface area contributed by atoms with Gasteiger partial charge in [-0.15, -0.1) is 0 Å². The van der Waals surface area contributed by atoms with Crippen LogP contribution in [0.2, 0.25) is 0 Å². The van der Waals surface area contributed by atoms with Crippen molar-refractivity contribution in [2.24, 2.45) is 0 Å². The molecule has 1 heterocycles. The zero-order valence-corrected chi connectivity index (χ0v) is 9.70. The van der Waals surface area contributed by atoms with Crippen molar-refractivity contribution >= 4 is 5.91 Å². The summed E-state index contributed by atoms with van der Waals surface area (Å²) in [6, 6.07) is 4.77. The second-order valence-electron chi connectivity index (χ2n) is 3.96. The molecular weight excluding hydrogens is 223 g/mol. The third-order valence-electron chi connectivity index (χ3n) is 2.78. The quantitative estimate of drug-likeness (QED) is 0.845. The number of halogens is 1. The van der Waals surface area contributed by atoms with Crippen LogP contribution in [0.25, 0.3) is 0 Å². The van der Waals surface area contributed by atoms with Gasteiger partial charge in [0.25, 0.3) is 0 Å². The summed E-state index contributed by atoms with van der Waals surface area (Å²) < 4.78 is 18.3. The molecule has 1 saturated heterocycles. The predicted molar refractivity (Wildman–Crippen MR) is 61.2 cm³/mol. The second kappa shape index (κ2) is 5.14. The smallest absolute Gasteiger partial charge is 0.236 e. The van der Waals surface area contributed by atoms with Gasteiger partial charge in [-0.1, -0.05) is 6.07 Å². The summed E-state index contributed by atoms with van der Waals surface area (Å²) in [5.74, 6) is -0.125. The van der Waals surface area contributed by atoms with Crippen molar-refractivity contribution in [3.8, 4) is 5.75 Å². The second-order valence-corrected chi connectivity index (χ2v) is 3.96. The lowest BCUT2D eigenvalue weighted by atomic mass is 10.2. The number of benzene rings is 1. The lowest BCUT2D eigenvalue weighted by Crippen LogP contribution is -2.47. The van der Waals surface area contributed by atoms with Gasteiger partial charge < -0.3 is 15.0 Å². The van der Waals surface area contributed by atoms with E-state index in [-0.39, 0.29) is 11.7 Å². The Hall–Kier alpha value is -1.62. The van der Waals surface area contributed by atoms with Crippen LogP contribution < -0.4 is 10.1 Å². The number of carbonyl (C=O) groups is 1. The lowest BCUT2D eigenvalue weighted by molar-refractivity contribution is -0.132. The zero-order valence-electron chi connectivity index (χ0n) is 9.70. The fourth-order valence-corrected chi connectivity index (χ4v) is 1.84. The molecule has 0 saturated carbocycles. The topological polar surface area (TPSA) is 41.6 Å². The first-order chi connectivity index (χ1) is 8.20. The van der Waals surface area contributed by atoms with Gasteiger partial charge in [0.1, 0.15) is 0 Å². The standard InChI is InChI=1S/C12H15FN2O2/c1-17-11-3-2-9(6-10(11)13)8-15-5-4-14-7-12(15)16/h2-3,6,14H,4-5,7-8H2,1H3. The molecule has 1 fully saturated rings. The first-order valence-corrected chi connectivity index (χ1v) is 5.51. The number of rotatable bonds is 3. The molecule has 1 N–H and O–H groups in total. The minimum absolute atomic E-state index is 0.0486. The summed E-state index contributed by atoms with van der Waals surface area (Å²) in [4.78, 5) is 13.3. The van der Waals surface area contributed by atoms with Crippen molar-refractivity contribution in [3.05, 3.63) is 29.6 Å². The lowest BCUT2D eigenvalue weighted by Gasteiger charge is -2.27. The molecule has 0 aliphatic carbocycles. The maximum absolute atomic E-state index is 13.5. The SMILES string of the molecule is COc1ccc(CN2CCNCC2=O)cc1F. The van der Waals surface area contributed by atoms with Crippen LogP contribution in [0.5, 0.6) is 5.75 Å². The molecule has 1 aliphatic rings. The molecule has 1 aromatic carbocycles. The number of nitrogens with one attached hydrogen (secondary N) is 1. The van der Waals surface area contributed by atoms with Gasteiger partial charge in [0.05, 0.1) is 13.7 Å². The fourth-order valence-electron chi connectivity index (χ4n) is 1.84. The summed E-state index contributed by atoms with van der Waals surface area (Å²) in [5.41, 5.74) is 0.776. The number of amides is 1. The average molecular weight is 238 g/mol. The monoisotopic (exact) mass is 238 g/mol. The van der Waals surface area contributed by atoms with Gasteiger partial charge in [-0.05, 0) is 17.7 Å². The van der Waals surface area contributed by atoms with E-state index in [0.29, 0.717) is 19.6 Å². The van der Waals surface area contributed by atoms with E-state index in [1.54, 1.807) is 17.0 Å². The Bertz CT molecular complexity index is 423. The highest BCUT2D eigenvalue weighted by Crippen LogP contribution is 2.18. The Balaban J connectivity index is 2.07. The van der Waals surface area contributed by atoms with Crippen molar-refractivity contribution in [1.29, 1.82) is 0 Å². The van der Waals surface area contributed by atoms with E-state index in [2.05, 4.69) is 5.32 Å². The zero-order chi connectivity index (χ0) is 12.3. The van der Waals surface area contributed by atoms with E-state index in [1.165, 1.54) is 13.2 Å². The third-order valence-corrected chi connectivity index (χ3v) is 2.78. The maximum atomic E-state index is 13.5. The van der Waals surface area contributed by atoms with Gasteiger partial charge in [0.2, 0.25) is 5.91 Å². The molecule has 0 unspecified atom stereocenters. The minimum atomic E-state index is -0.396. The maximum Gasteiger partial charge on any atom is 0.236 e. The van der Waals surface area contributed by atoms with E-state index in [0.717, 1.165) is 12.1 Å². The van der Waals surface area contributed by atoms with Gasteiger partial charge in [-0.25, -0.2) is 4.39 Å². The van der Waals surface area contributed by atoms with Crippen LogP contribution in [-0.2, 0) is 11.3 Å². The highest BCUT2D eigenvalue weighted by atomic mass is 19.1. The average Bonchev–Trinajstić information content (AvgIpc) is 2.32. The first-order valence-electron chi connectivity index (χ1n) is 5.51. The highest BCUT2D eigenvalue weighted by Gasteiger charge is 2.17. The van der Waals surface area contributed by atoms with Crippen molar-refractivity contribution in [3.63, 3.8) is 0 Å². The van der Waals surface area contributed by atoms with E-state index in [1.807, 2.05) is 0 Å². The van der Waals surface area contributed by atoms with Gasteiger partial charge in [0.15, 0.2) is 11.6 Å². The predicted octanol–water partition coefficient (Wildman–Crippen LogP) is 0.766. The van der Waals surface area contributed by atoms with Crippen molar-refractivity contribution in [2.75, 3.05) is 26.7 Å². The number of carbonyl (C=O) groups excluding carboxylic acids is 1. The Morgan fingerprint density at radius 2 is 2.35 bits per heavy atom. The highest BCUT2D eigenvalue weighted by molar-refractivity contribution is 5.78. The van der Waals surface area contributed by atoms with Gasteiger partial charge in [-0.3, -0.25) is 4.79 Å². The molecule has 0 atom stereocenters. The Morgan fingerprint density at radius 1 is 1.53 bits per heavy atom. The molecule has 2 rings (SSSR count). The number of hydrogen-bond donors (Lipinski definition) is 1. The van der Waals surface area contributed by atoms with E-state index in [9.17, 15) is 9.18 Å². The van der Waals surface area contributed by atoms with Crippen molar-refractivity contribution < 1.29 is 13.9 Å². The molecule has 1 aromatic rings. The molecule has 92 valence electrons. The number of ether oxygens (including phenoxy) is 1. The molecular formula is C12H15FN2O2. The van der Waals surface area contributed by atoms with Crippen LogP contribution >= 0.6 is 0 Å². The first kappa shape index (κ1) is 11.9. The van der Waals surface area contributed by atoms with Crippen LogP contribution in [0.4, 0.5) is 4.39 Å². The van der Waals surface area contributed by atoms with Gasteiger partial charge >= 0.3 is 0 Å². The largest absolute Gasteiger partial charge is 0.494 e. The summed E-state index contributed by atoms with van der Waals surface area (Å²) in [7, 11) is 1.43. The van der Waals surface area contributed by atoms with Crippen LogP contribution in [0.15, 0.2) is 18.2 Å². The molecule has 4 nitrogen and oxygen atoms in total. The molecule has 1 aliphatic heterocycles. The molecule has 0 spiro atoms. The van der Waals surface area contributed by atoms with Gasteiger partial charge in [-0.2, -0.15) is 0 Å². The van der Waals surface area contributed by atoms with Crippen LogP contribution in [-0.4, -0.2) is 37.6 Å². The summed E-state index contributed by atoms with van der Waals surface area (Å²) in [6.45, 7) is 2.25. The third kappa shape index (κ3) is 2.74. The molecule has 1 amide bonds. The van der Waals surface area contributed by atoms with E-state index >= 15 is 0 Å². The molecule has 0 bridgehead atoms. The number of methoxy groups -OCH3 is 1. The number of hydrogen-bond acceptors (Lipinski definition) is 3. The number of nitrogens with zero attached hydrogens (tertiary/aromatic N) is 1. The molecule has 0 aromatic heterocycles. The minimum Gasteiger partial charge on any atom is -0.494 e. The van der Waals surface area contributed by atoms with Crippen molar-refractivity contribution in [1.82, 2.24) is 10.2 Å². The van der Waals surface area contributed by atoms with Crippen LogP contribution in [0.1, 0.15) is 5.56 Å². The van der Waals surface area contributed by atoms with Gasteiger partial charge in [0, 0.05) is 19.6 Å². The Morgan fingerprint density at radius 3 is 3.00 bits per heavy atom. The van der Waals surface area contributed by atoms with Crippen LogP contribution in [0.3, 0.4) is 0 Å². The Kier molecular flexibility index (Phi) is 3.58. The summed E-state index contributed by atoms with van der Waals surface area (Å²) in [6.07, 6.45) is 0. The number of piperazine rings is 1. The van der Waals surface area contributed by atoms with Crippen molar-refractivity contribution in [2.45, 2.75) is 6.54 Å². The summed E-state index contributed by atoms with van der Waals surface area (Å²) >= 11 is 0. The van der Waals surface area contributed by atoms with E-state index < -0.39 is 5.82 Å². The van der Waals surface area contributed by atoms with Crippen LogP contribution in [0, 0.1) is 5.82 Å². The molecule has 0 radical (unpaired) electrons. The fraction of sp³-hybridized carbons (Fsp3) is 0.417. The van der Waals surface area contributed by atoms with E-state index in [4.69, 9.17) is 4.74 Å². The normalized spacial score (nSPS) is 16.1. The Labute approximate surface area is 99.4 Å². The molecule has 5 heteroatoms. The summed E-state index contributed by atoms with van der Waals surface area (Å²) in [5, 5.41) is 2.99.